The van der Waals surface area contributed by atoms with Crippen LogP contribution in [0.15, 0.2) is 77.7 Å². The van der Waals surface area contributed by atoms with Gasteiger partial charge in [-0.2, -0.15) is 4.31 Å². The van der Waals surface area contributed by atoms with Crippen LogP contribution < -0.4 is 15.8 Å². The van der Waals surface area contributed by atoms with Gasteiger partial charge in [-0.25, -0.2) is 8.42 Å². The number of nitrogens with one attached hydrogen (secondary N) is 1. The van der Waals surface area contributed by atoms with Crippen LogP contribution in [-0.4, -0.2) is 37.7 Å². The van der Waals surface area contributed by atoms with E-state index in [4.69, 9.17) is 10.5 Å². The van der Waals surface area contributed by atoms with Gasteiger partial charge in [-0.3, -0.25) is 9.59 Å². The Morgan fingerprint density at radius 2 is 1.66 bits per heavy atom. The highest BCUT2D eigenvalue weighted by molar-refractivity contribution is 7.89. The van der Waals surface area contributed by atoms with Gasteiger partial charge in [-0.05, 0) is 60.9 Å². The highest BCUT2D eigenvalue weighted by Gasteiger charge is 2.27. The number of hydrogen-bond acceptors (Lipinski definition) is 5. The molecule has 0 aliphatic rings. The summed E-state index contributed by atoms with van der Waals surface area (Å²) in [5.74, 6) is -0.332. The fraction of sp³-hybridized carbons (Fsp3) is 0.231. The molecule has 35 heavy (non-hydrogen) atoms. The van der Waals surface area contributed by atoms with E-state index in [9.17, 15) is 18.0 Å². The number of rotatable bonds is 11. The Bertz CT molecular complexity index is 1280. The average molecular weight is 496 g/mol. The molecule has 0 radical (unpaired) electrons. The zero-order chi connectivity index (χ0) is 25.4. The van der Waals surface area contributed by atoms with Crippen molar-refractivity contribution in [3.05, 3.63) is 89.5 Å². The minimum absolute atomic E-state index is 0.0282. The van der Waals surface area contributed by atoms with Crippen molar-refractivity contribution in [3.8, 4) is 5.75 Å². The largest absolute Gasteiger partial charge is 0.494 e. The fourth-order valence-corrected chi connectivity index (χ4v) is 5.00. The first kappa shape index (κ1) is 25.9. The topological polar surface area (TPSA) is 119 Å². The smallest absolute Gasteiger partial charge is 0.243 e. The second-order valence-corrected chi connectivity index (χ2v) is 9.95. The van der Waals surface area contributed by atoms with Crippen molar-refractivity contribution in [2.75, 3.05) is 18.5 Å². The third-order valence-corrected chi connectivity index (χ3v) is 7.01. The molecular weight excluding hydrogens is 466 g/mol. The maximum atomic E-state index is 13.6. The Balaban J connectivity index is 1.83. The van der Waals surface area contributed by atoms with E-state index in [1.54, 1.807) is 55.5 Å². The number of aryl methyl sites for hydroxylation is 1. The van der Waals surface area contributed by atoms with E-state index in [1.165, 1.54) is 6.07 Å². The molecule has 8 nitrogen and oxygen atoms in total. The van der Waals surface area contributed by atoms with Gasteiger partial charge in [0.05, 0.1) is 24.5 Å². The van der Waals surface area contributed by atoms with E-state index in [1.807, 2.05) is 25.1 Å². The number of carbonyl (C=O) groups is 2. The highest BCUT2D eigenvalue weighted by atomic mass is 32.2. The van der Waals surface area contributed by atoms with Crippen LogP contribution in [0.3, 0.4) is 0 Å². The highest BCUT2D eigenvalue weighted by Crippen LogP contribution is 2.25. The number of primary amides is 1. The summed E-state index contributed by atoms with van der Waals surface area (Å²) < 4.78 is 33.8. The lowest BCUT2D eigenvalue weighted by Crippen LogP contribution is -2.37. The molecule has 0 aromatic heterocycles. The molecule has 0 unspecified atom stereocenters. The molecule has 3 rings (SSSR count). The molecule has 0 atom stereocenters. The number of benzene rings is 3. The normalized spacial score (nSPS) is 11.3. The Labute approximate surface area is 205 Å². The van der Waals surface area contributed by atoms with Crippen molar-refractivity contribution < 1.29 is 22.7 Å². The Kier molecular flexibility index (Phi) is 8.62. The lowest BCUT2D eigenvalue weighted by Gasteiger charge is -2.22. The van der Waals surface area contributed by atoms with Crippen LogP contribution >= 0.6 is 0 Å². The molecule has 184 valence electrons. The van der Waals surface area contributed by atoms with Crippen LogP contribution in [0.25, 0.3) is 0 Å². The summed E-state index contributed by atoms with van der Waals surface area (Å²) in [6, 6.07) is 20.4. The molecular formula is C26H29N3O5S. The minimum Gasteiger partial charge on any atom is -0.494 e. The molecule has 0 saturated heterocycles. The Morgan fingerprint density at radius 1 is 0.971 bits per heavy atom. The molecule has 0 aliphatic heterocycles. The molecule has 3 N–H and O–H groups in total. The lowest BCUT2D eigenvalue weighted by molar-refractivity contribution is -0.117. The van der Waals surface area contributed by atoms with Crippen LogP contribution in [0.1, 0.15) is 23.6 Å². The third kappa shape index (κ3) is 7.14. The number of anilines is 1. The van der Waals surface area contributed by atoms with Crippen LogP contribution in [0.2, 0.25) is 0 Å². The van der Waals surface area contributed by atoms with E-state index < -0.39 is 21.8 Å². The van der Waals surface area contributed by atoms with E-state index in [0.29, 0.717) is 23.6 Å². The van der Waals surface area contributed by atoms with Crippen LogP contribution in [-0.2, 0) is 32.6 Å². The van der Waals surface area contributed by atoms with E-state index in [2.05, 4.69) is 5.32 Å². The monoisotopic (exact) mass is 495 g/mol. The standard InChI is InChI=1S/C26H29N3O5S/c1-3-34-24-14-13-23(15-19(24)2)35(32,33)29(17-21-7-5-4-6-8-21)18-26(31)28-22-11-9-20(10-12-22)16-25(27)30/h4-15H,3,16-18H2,1-2H3,(H2,27,30)(H,28,31). The number of nitrogens with two attached hydrogens (primary N) is 1. The van der Waals surface area contributed by atoms with Gasteiger partial charge in [0.2, 0.25) is 21.8 Å². The van der Waals surface area contributed by atoms with Gasteiger partial charge >= 0.3 is 0 Å². The predicted molar refractivity (Wildman–Crippen MR) is 134 cm³/mol. The first-order chi connectivity index (χ1) is 16.7. The van der Waals surface area contributed by atoms with Crippen molar-refractivity contribution in [2.24, 2.45) is 5.73 Å². The van der Waals surface area contributed by atoms with Gasteiger partial charge in [0.15, 0.2) is 0 Å². The van der Waals surface area contributed by atoms with Crippen molar-refractivity contribution in [3.63, 3.8) is 0 Å². The average Bonchev–Trinajstić information content (AvgIpc) is 2.81. The summed E-state index contributed by atoms with van der Waals surface area (Å²) in [7, 11) is -4.00. The summed E-state index contributed by atoms with van der Waals surface area (Å²) in [5.41, 5.74) is 7.85. The number of hydrogen-bond donors (Lipinski definition) is 2. The lowest BCUT2D eigenvalue weighted by atomic mass is 10.1. The van der Waals surface area contributed by atoms with Gasteiger partial charge in [-0.15, -0.1) is 0 Å². The number of ether oxygens (including phenoxy) is 1. The minimum atomic E-state index is -4.00. The number of amides is 2. The van der Waals surface area contributed by atoms with Crippen molar-refractivity contribution in [1.29, 1.82) is 0 Å². The molecule has 0 saturated carbocycles. The van der Waals surface area contributed by atoms with Gasteiger partial charge in [0, 0.05) is 12.2 Å². The summed E-state index contributed by atoms with van der Waals surface area (Å²) >= 11 is 0. The molecule has 2 amide bonds. The van der Waals surface area contributed by atoms with Gasteiger partial charge in [0.25, 0.3) is 0 Å². The fourth-order valence-electron chi connectivity index (χ4n) is 3.53. The van der Waals surface area contributed by atoms with Crippen molar-refractivity contribution in [2.45, 2.75) is 31.7 Å². The zero-order valence-corrected chi connectivity index (χ0v) is 20.5. The van der Waals surface area contributed by atoms with Gasteiger partial charge in [-0.1, -0.05) is 42.5 Å². The molecule has 3 aromatic carbocycles. The quantitative estimate of drug-likeness (QED) is 0.423. The van der Waals surface area contributed by atoms with Crippen molar-refractivity contribution in [1.82, 2.24) is 4.31 Å². The molecule has 0 bridgehead atoms. The Morgan fingerprint density at radius 3 is 2.26 bits per heavy atom. The second-order valence-electron chi connectivity index (χ2n) is 8.01. The third-order valence-electron chi connectivity index (χ3n) is 5.22. The zero-order valence-electron chi connectivity index (χ0n) is 19.7. The summed E-state index contributed by atoms with van der Waals surface area (Å²) in [4.78, 5) is 24.0. The molecule has 0 fully saturated rings. The number of carbonyl (C=O) groups excluding carboxylic acids is 2. The first-order valence-electron chi connectivity index (χ1n) is 11.1. The SMILES string of the molecule is CCOc1ccc(S(=O)(=O)N(CC(=O)Nc2ccc(CC(N)=O)cc2)Cc2ccccc2)cc1C. The molecule has 9 heteroatoms. The predicted octanol–water partition coefficient (Wildman–Crippen LogP) is 3.25. The van der Waals surface area contributed by atoms with Crippen LogP contribution in [0, 0.1) is 6.92 Å². The summed E-state index contributed by atoms with van der Waals surface area (Å²) in [5, 5.41) is 2.72. The van der Waals surface area contributed by atoms with Crippen LogP contribution in [0.5, 0.6) is 5.75 Å². The van der Waals surface area contributed by atoms with Gasteiger partial charge < -0.3 is 15.8 Å². The summed E-state index contributed by atoms with van der Waals surface area (Å²) in [6.07, 6.45) is 0.0961. The second kappa shape index (κ2) is 11.6. The van der Waals surface area contributed by atoms with Gasteiger partial charge in [0.1, 0.15) is 5.75 Å². The first-order valence-corrected chi connectivity index (χ1v) is 12.6. The summed E-state index contributed by atoms with van der Waals surface area (Å²) in [6.45, 7) is 3.75. The van der Waals surface area contributed by atoms with Crippen LogP contribution in [0.4, 0.5) is 5.69 Å². The molecule has 0 aliphatic carbocycles. The number of sulfonamides is 1. The maximum Gasteiger partial charge on any atom is 0.243 e. The molecule has 0 heterocycles. The van der Waals surface area contributed by atoms with E-state index in [0.717, 1.165) is 15.4 Å². The van der Waals surface area contributed by atoms with Crippen molar-refractivity contribution >= 4 is 27.5 Å². The number of nitrogens with zero attached hydrogens (tertiary/aromatic N) is 1. The Hall–Kier alpha value is -3.69. The molecule has 0 spiro atoms. The van der Waals surface area contributed by atoms with E-state index >= 15 is 0 Å². The molecule has 3 aromatic rings. The van der Waals surface area contributed by atoms with E-state index in [-0.39, 0.29) is 24.4 Å². The maximum absolute atomic E-state index is 13.6.